The van der Waals surface area contributed by atoms with Crippen LogP contribution in [0.25, 0.3) is 0 Å². The molecule has 0 aliphatic carbocycles. The van der Waals surface area contributed by atoms with E-state index in [2.05, 4.69) is 0 Å². The molecular formula is C14H13NO4. The Balaban J connectivity index is 2.34. The fraction of sp³-hybridized carbons (Fsp3) is 0.143. The van der Waals surface area contributed by atoms with Crippen LogP contribution in [-0.4, -0.2) is 15.1 Å². The molecule has 2 atom stereocenters. The van der Waals surface area contributed by atoms with E-state index in [9.17, 15) is 20.3 Å². The lowest BCUT2D eigenvalue weighted by Crippen LogP contribution is -2.12. The van der Waals surface area contributed by atoms with Crippen LogP contribution >= 0.6 is 0 Å². The van der Waals surface area contributed by atoms with Gasteiger partial charge in [0.1, 0.15) is 12.2 Å². The quantitative estimate of drug-likeness (QED) is 0.652. The van der Waals surface area contributed by atoms with Crippen LogP contribution in [0.2, 0.25) is 0 Å². The maximum Gasteiger partial charge on any atom is 0.275 e. The van der Waals surface area contributed by atoms with Gasteiger partial charge in [-0.25, -0.2) is 0 Å². The highest BCUT2D eigenvalue weighted by molar-refractivity contribution is 5.42. The molecule has 0 amide bonds. The lowest BCUT2D eigenvalue weighted by atomic mass is 9.97. The average molecular weight is 259 g/mol. The maximum absolute atomic E-state index is 10.9. The molecule has 0 aliphatic rings. The standard InChI is InChI=1S/C14H13NO4/c16-13(10-6-2-1-3-7-10)14(17)11-8-4-5-9-12(11)15(18)19/h1-9,13-14,16-17H/t13-,14-/m1/s1. The summed E-state index contributed by atoms with van der Waals surface area (Å²) in [6.45, 7) is 0. The van der Waals surface area contributed by atoms with Crippen molar-refractivity contribution in [3.05, 3.63) is 75.8 Å². The monoisotopic (exact) mass is 259 g/mol. The summed E-state index contributed by atoms with van der Waals surface area (Å²) in [6, 6.07) is 14.4. The van der Waals surface area contributed by atoms with Crippen molar-refractivity contribution >= 4 is 5.69 Å². The minimum absolute atomic E-state index is 0.101. The van der Waals surface area contributed by atoms with Crippen molar-refractivity contribution in [2.45, 2.75) is 12.2 Å². The zero-order chi connectivity index (χ0) is 13.8. The molecule has 0 bridgehead atoms. The van der Waals surface area contributed by atoms with Gasteiger partial charge in [-0.2, -0.15) is 0 Å². The molecule has 0 unspecified atom stereocenters. The summed E-state index contributed by atoms with van der Waals surface area (Å²) in [5, 5.41) is 31.1. The molecule has 0 spiro atoms. The summed E-state index contributed by atoms with van der Waals surface area (Å²) in [5.41, 5.74) is 0.405. The number of aliphatic hydroxyl groups is 2. The third-order valence-electron chi connectivity index (χ3n) is 2.89. The maximum atomic E-state index is 10.9. The van der Waals surface area contributed by atoms with Gasteiger partial charge < -0.3 is 10.2 Å². The summed E-state index contributed by atoms with van der Waals surface area (Å²) < 4.78 is 0. The molecule has 0 aromatic heterocycles. The first kappa shape index (κ1) is 13.2. The topological polar surface area (TPSA) is 83.6 Å². The van der Waals surface area contributed by atoms with E-state index in [1.54, 1.807) is 36.4 Å². The van der Waals surface area contributed by atoms with E-state index in [4.69, 9.17) is 0 Å². The highest BCUT2D eigenvalue weighted by Crippen LogP contribution is 2.33. The summed E-state index contributed by atoms with van der Waals surface area (Å²) in [5.74, 6) is 0. The predicted octanol–water partition coefficient (Wildman–Crippen LogP) is 2.36. The van der Waals surface area contributed by atoms with Gasteiger partial charge in [0.25, 0.3) is 5.69 Å². The molecular weight excluding hydrogens is 246 g/mol. The molecule has 98 valence electrons. The Morgan fingerprint density at radius 2 is 1.47 bits per heavy atom. The largest absolute Gasteiger partial charge is 0.385 e. The first-order valence-electron chi connectivity index (χ1n) is 5.75. The van der Waals surface area contributed by atoms with Crippen LogP contribution in [0.3, 0.4) is 0 Å². The summed E-state index contributed by atoms with van der Waals surface area (Å²) in [6.07, 6.45) is -2.55. The van der Waals surface area contributed by atoms with E-state index in [0.717, 1.165) is 0 Å². The van der Waals surface area contributed by atoms with Crippen LogP contribution in [0.5, 0.6) is 0 Å². The van der Waals surface area contributed by atoms with E-state index in [1.165, 1.54) is 18.2 Å². The number of rotatable bonds is 4. The average Bonchev–Trinajstić information content (AvgIpc) is 2.46. The van der Waals surface area contributed by atoms with E-state index < -0.39 is 17.1 Å². The second-order valence-electron chi connectivity index (χ2n) is 4.12. The van der Waals surface area contributed by atoms with Crippen LogP contribution in [-0.2, 0) is 0 Å². The van der Waals surface area contributed by atoms with E-state index in [-0.39, 0.29) is 11.3 Å². The third-order valence-corrected chi connectivity index (χ3v) is 2.89. The van der Waals surface area contributed by atoms with Crippen LogP contribution in [0.15, 0.2) is 54.6 Å². The molecule has 0 aliphatic heterocycles. The molecule has 2 aromatic carbocycles. The predicted molar refractivity (Wildman–Crippen MR) is 69.5 cm³/mol. The SMILES string of the molecule is O=[N+]([O-])c1ccccc1[C@@H](O)[C@H](O)c1ccccc1. The molecule has 2 N–H and O–H groups in total. The van der Waals surface area contributed by atoms with Crippen molar-refractivity contribution in [1.29, 1.82) is 0 Å². The van der Waals surface area contributed by atoms with Crippen LogP contribution in [0.4, 0.5) is 5.69 Å². The number of nitro benzene ring substituents is 1. The van der Waals surface area contributed by atoms with Crippen LogP contribution < -0.4 is 0 Å². The molecule has 0 saturated carbocycles. The minimum Gasteiger partial charge on any atom is -0.385 e. The zero-order valence-corrected chi connectivity index (χ0v) is 10.0. The molecule has 2 rings (SSSR count). The Bertz CT molecular complexity index is 571. The number of nitro groups is 1. The fourth-order valence-electron chi connectivity index (χ4n) is 1.91. The van der Waals surface area contributed by atoms with Gasteiger partial charge in [-0.05, 0) is 11.6 Å². The summed E-state index contributed by atoms with van der Waals surface area (Å²) >= 11 is 0. The van der Waals surface area contributed by atoms with Crippen molar-refractivity contribution < 1.29 is 15.1 Å². The first-order chi connectivity index (χ1) is 9.11. The number of benzene rings is 2. The van der Waals surface area contributed by atoms with Crippen molar-refractivity contribution in [1.82, 2.24) is 0 Å². The number of para-hydroxylation sites is 1. The van der Waals surface area contributed by atoms with Gasteiger partial charge in [0, 0.05) is 6.07 Å². The van der Waals surface area contributed by atoms with E-state index in [1.807, 2.05) is 0 Å². The number of nitrogens with zero attached hydrogens (tertiary/aromatic N) is 1. The Hall–Kier alpha value is -2.24. The first-order valence-corrected chi connectivity index (χ1v) is 5.75. The van der Waals surface area contributed by atoms with E-state index >= 15 is 0 Å². The summed E-state index contributed by atoms with van der Waals surface area (Å²) in [7, 11) is 0. The molecule has 0 heterocycles. The number of aliphatic hydroxyl groups excluding tert-OH is 2. The second kappa shape index (κ2) is 5.60. The molecule has 5 heteroatoms. The lowest BCUT2D eigenvalue weighted by Gasteiger charge is -2.18. The molecule has 19 heavy (non-hydrogen) atoms. The minimum atomic E-state index is -1.34. The van der Waals surface area contributed by atoms with Crippen molar-refractivity contribution in [2.75, 3.05) is 0 Å². The molecule has 2 aromatic rings. The van der Waals surface area contributed by atoms with E-state index in [0.29, 0.717) is 5.56 Å². The van der Waals surface area contributed by atoms with Gasteiger partial charge in [-0.1, -0.05) is 42.5 Å². The van der Waals surface area contributed by atoms with Crippen molar-refractivity contribution in [2.24, 2.45) is 0 Å². The normalized spacial score (nSPS) is 13.8. The van der Waals surface area contributed by atoms with Gasteiger partial charge in [0.15, 0.2) is 0 Å². The lowest BCUT2D eigenvalue weighted by molar-refractivity contribution is -0.386. The number of hydrogen-bond acceptors (Lipinski definition) is 4. The Morgan fingerprint density at radius 3 is 2.11 bits per heavy atom. The van der Waals surface area contributed by atoms with Crippen LogP contribution in [0.1, 0.15) is 23.3 Å². The third kappa shape index (κ3) is 2.78. The fourth-order valence-corrected chi connectivity index (χ4v) is 1.91. The molecule has 5 nitrogen and oxygen atoms in total. The highest BCUT2D eigenvalue weighted by Gasteiger charge is 2.26. The molecule has 0 saturated heterocycles. The molecule has 0 radical (unpaired) electrons. The summed E-state index contributed by atoms with van der Waals surface area (Å²) in [4.78, 5) is 10.3. The van der Waals surface area contributed by atoms with Gasteiger partial charge in [0.2, 0.25) is 0 Å². The Labute approximate surface area is 109 Å². The zero-order valence-electron chi connectivity index (χ0n) is 10.0. The van der Waals surface area contributed by atoms with Crippen molar-refractivity contribution in [3.8, 4) is 0 Å². The van der Waals surface area contributed by atoms with Gasteiger partial charge in [-0.3, -0.25) is 10.1 Å². The highest BCUT2D eigenvalue weighted by atomic mass is 16.6. The van der Waals surface area contributed by atoms with Gasteiger partial charge in [-0.15, -0.1) is 0 Å². The Morgan fingerprint density at radius 1 is 0.895 bits per heavy atom. The second-order valence-corrected chi connectivity index (χ2v) is 4.12. The van der Waals surface area contributed by atoms with Gasteiger partial charge in [0.05, 0.1) is 10.5 Å². The molecule has 0 fully saturated rings. The van der Waals surface area contributed by atoms with Crippen molar-refractivity contribution in [3.63, 3.8) is 0 Å². The smallest absolute Gasteiger partial charge is 0.275 e. The van der Waals surface area contributed by atoms with Crippen LogP contribution in [0, 0.1) is 10.1 Å². The Kier molecular flexibility index (Phi) is 3.89. The number of hydrogen-bond donors (Lipinski definition) is 2. The van der Waals surface area contributed by atoms with Gasteiger partial charge >= 0.3 is 0 Å².